The summed E-state index contributed by atoms with van der Waals surface area (Å²) < 4.78 is 24.4. The van der Waals surface area contributed by atoms with Crippen molar-refractivity contribution in [3.8, 4) is 23.0 Å². The fourth-order valence-corrected chi connectivity index (χ4v) is 10.3. The van der Waals surface area contributed by atoms with E-state index in [1.165, 1.54) is 28.1 Å². The molecule has 0 aromatic heterocycles. The van der Waals surface area contributed by atoms with Gasteiger partial charge in [-0.3, -0.25) is 43.5 Å². The summed E-state index contributed by atoms with van der Waals surface area (Å²) in [5.41, 5.74) is 7.20. The first-order valence-electron chi connectivity index (χ1n) is 26.1. The molecule has 5 aromatic carbocycles. The molecule has 0 spiro atoms. The zero-order chi connectivity index (χ0) is 55.5. The van der Waals surface area contributed by atoms with Gasteiger partial charge in [-0.1, -0.05) is 36.4 Å². The number of methoxy groups -OCH3 is 2. The summed E-state index contributed by atoms with van der Waals surface area (Å²) in [5.74, 6) is -2.68. The molecular formula is C58H58N8O13. The minimum atomic E-state index is -1.08. The molecule has 0 bridgehead atoms. The number of fused-ring (bicyclic) bond motifs is 8. The van der Waals surface area contributed by atoms with E-state index in [0.29, 0.717) is 86.8 Å². The van der Waals surface area contributed by atoms with E-state index >= 15 is 0 Å². The molecule has 1 fully saturated rings. The van der Waals surface area contributed by atoms with Gasteiger partial charge in [-0.05, 0) is 97.8 Å². The number of nitrogens with one attached hydrogen (secondary N) is 4. The Morgan fingerprint density at radius 1 is 0.671 bits per heavy atom. The van der Waals surface area contributed by atoms with Gasteiger partial charge in [0.25, 0.3) is 23.6 Å². The molecular weight excluding hydrogens is 1020 g/mol. The van der Waals surface area contributed by atoms with E-state index in [9.17, 15) is 38.4 Å². The SMILES string of the molecule is COc1cc2c(cc1OCc1cc(COc3cc4c(cc3OC)C(=O)N3c5ccccc5C[C@H]3CN4)cc(NC(=O)[C@@H](C)NC(=O)[C@H](C)NC(=O)CCCCC(=O)ON3C(=O)CCC3=O)c1)N=C[C@H]1Cc3ccccc3N1C2=O. The van der Waals surface area contributed by atoms with Crippen LogP contribution in [-0.4, -0.2) is 104 Å². The molecule has 5 heterocycles. The second kappa shape index (κ2) is 22.7. The largest absolute Gasteiger partial charge is 0.493 e. The second-order valence-corrected chi connectivity index (χ2v) is 19.8. The van der Waals surface area contributed by atoms with Crippen LogP contribution in [0.1, 0.15) is 95.3 Å². The van der Waals surface area contributed by atoms with Crippen LogP contribution < -0.4 is 50.0 Å². The van der Waals surface area contributed by atoms with Gasteiger partial charge in [-0.15, -0.1) is 5.06 Å². The summed E-state index contributed by atoms with van der Waals surface area (Å²) in [5, 5.41) is 12.0. The Bertz CT molecular complexity index is 3330. The summed E-state index contributed by atoms with van der Waals surface area (Å²) in [6.07, 6.45) is 3.41. The first-order valence-corrected chi connectivity index (χ1v) is 26.1. The minimum Gasteiger partial charge on any atom is -0.493 e. The van der Waals surface area contributed by atoms with Gasteiger partial charge in [0.05, 0.1) is 48.8 Å². The maximum absolute atomic E-state index is 14.1. The Balaban J connectivity index is 0.825. The smallest absolute Gasteiger partial charge is 0.333 e. The van der Waals surface area contributed by atoms with E-state index in [-0.39, 0.29) is 75.6 Å². The maximum atomic E-state index is 14.1. The van der Waals surface area contributed by atoms with E-state index in [4.69, 9.17) is 28.8 Å². The number of imide groups is 1. The van der Waals surface area contributed by atoms with Crippen LogP contribution in [0.25, 0.3) is 0 Å². The fraction of sp³-hybridized carbons (Fsp3) is 0.328. The summed E-state index contributed by atoms with van der Waals surface area (Å²) in [7, 11) is 2.98. The lowest BCUT2D eigenvalue weighted by atomic mass is 10.1. The number of para-hydroxylation sites is 2. The lowest BCUT2D eigenvalue weighted by Gasteiger charge is -2.22. The van der Waals surface area contributed by atoms with E-state index < -0.39 is 47.6 Å². The number of hydrogen-bond donors (Lipinski definition) is 4. The van der Waals surface area contributed by atoms with Gasteiger partial charge in [0, 0.05) is 74.1 Å². The summed E-state index contributed by atoms with van der Waals surface area (Å²) in [6.45, 7) is 3.40. The third-order valence-corrected chi connectivity index (χ3v) is 14.3. The van der Waals surface area contributed by atoms with Crippen LogP contribution in [0, 0.1) is 0 Å². The minimum absolute atomic E-state index is 0.0224. The third kappa shape index (κ3) is 11.3. The van der Waals surface area contributed by atoms with Gasteiger partial charge in [0.2, 0.25) is 17.7 Å². The molecule has 21 heteroatoms. The van der Waals surface area contributed by atoms with Crippen LogP contribution in [0.5, 0.6) is 23.0 Å². The molecule has 21 nitrogen and oxygen atoms in total. The zero-order valence-electron chi connectivity index (χ0n) is 43.9. The van der Waals surface area contributed by atoms with Gasteiger partial charge in [0.1, 0.15) is 25.3 Å². The van der Waals surface area contributed by atoms with Crippen molar-refractivity contribution in [2.24, 2.45) is 4.99 Å². The highest BCUT2D eigenvalue weighted by Gasteiger charge is 2.39. The molecule has 4 atom stereocenters. The number of anilines is 4. The van der Waals surface area contributed by atoms with Gasteiger partial charge in [-0.25, -0.2) is 4.79 Å². The quantitative estimate of drug-likeness (QED) is 0.0526. The molecule has 7 amide bonds. The molecule has 1 saturated heterocycles. The standard InChI is InChI=1S/C58H58N8O13/c1-32(61-51(67)15-9-10-16-54(70)79-66-52(68)17-18-53(66)69)55(71)62-33(2)56(72)63-38-20-34(30-77-49-26-43-41(24-47(49)75-3)57(73)64-39(28-59-43)22-36-11-5-7-13-45(36)64)19-35(21-38)31-78-50-27-44-42(25-48(50)76-4)58(74)65-40(29-60-44)23-37-12-6-8-14-46(37)65/h5-8,11-14,19-21,24-28,32-33,39-40,60H,9-10,15-18,22-23,29-31H2,1-4H3,(H,61,67)(H,62,71)(H,63,72)/t32-,33+,39+,40-/m0/s1. The van der Waals surface area contributed by atoms with Gasteiger partial charge in [0.15, 0.2) is 23.0 Å². The molecule has 10 rings (SSSR count). The molecule has 79 heavy (non-hydrogen) atoms. The Hall–Kier alpha value is -9.27. The van der Waals surface area contributed by atoms with Crippen LogP contribution in [-0.2, 0) is 59.7 Å². The molecule has 0 unspecified atom stereocenters. The van der Waals surface area contributed by atoms with Crippen molar-refractivity contribution in [2.75, 3.05) is 41.2 Å². The number of unbranched alkanes of at least 4 members (excludes halogenated alkanes) is 1. The number of hydrogen-bond acceptors (Lipinski definition) is 15. The number of amides is 7. The normalized spacial score (nSPS) is 17.3. The Morgan fingerprint density at radius 3 is 1.95 bits per heavy atom. The molecule has 4 N–H and O–H groups in total. The Kier molecular flexibility index (Phi) is 15.3. The maximum Gasteiger partial charge on any atom is 0.333 e. The average molecular weight is 1080 g/mol. The van der Waals surface area contributed by atoms with Gasteiger partial charge < -0.3 is 50.0 Å². The highest BCUT2D eigenvalue weighted by atomic mass is 16.7. The van der Waals surface area contributed by atoms with Crippen molar-refractivity contribution in [1.29, 1.82) is 0 Å². The van der Waals surface area contributed by atoms with E-state index in [0.717, 1.165) is 22.5 Å². The molecule has 408 valence electrons. The van der Waals surface area contributed by atoms with Crippen molar-refractivity contribution in [3.05, 3.63) is 124 Å². The highest BCUT2D eigenvalue weighted by molar-refractivity contribution is 6.15. The molecule has 5 aliphatic heterocycles. The van der Waals surface area contributed by atoms with E-state index in [1.807, 2.05) is 59.5 Å². The first kappa shape index (κ1) is 53.1. The summed E-state index contributed by atoms with van der Waals surface area (Å²) in [4.78, 5) is 117. The third-order valence-electron chi connectivity index (χ3n) is 14.3. The van der Waals surface area contributed by atoms with Crippen LogP contribution in [0.3, 0.4) is 0 Å². The van der Waals surface area contributed by atoms with Gasteiger partial charge in [-0.2, -0.15) is 0 Å². The van der Waals surface area contributed by atoms with Crippen LogP contribution >= 0.6 is 0 Å². The number of aliphatic imine (C=N–C) groups is 1. The number of hydroxylamine groups is 2. The number of carbonyl (C=O) groups is 8. The Morgan fingerprint density at radius 2 is 1.27 bits per heavy atom. The van der Waals surface area contributed by atoms with Crippen LogP contribution in [0.4, 0.5) is 28.4 Å². The number of nitrogens with zero attached hydrogens (tertiary/aromatic N) is 4. The number of rotatable bonds is 19. The number of benzene rings is 5. The summed E-state index contributed by atoms with van der Waals surface area (Å²) in [6, 6.07) is 25.2. The predicted octanol–water partition coefficient (Wildman–Crippen LogP) is 6.26. The van der Waals surface area contributed by atoms with Crippen LogP contribution in [0.2, 0.25) is 0 Å². The van der Waals surface area contributed by atoms with Crippen LogP contribution in [0.15, 0.2) is 96.0 Å². The Labute approximate surface area is 454 Å². The molecule has 0 aliphatic carbocycles. The molecule has 0 radical (unpaired) electrons. The van der Waals surface area contributed by atoms with E-state index in [1.54, 1.807) is 47.5 Å². The number of ether oxygens (including phenoxy) is 4. The molecule has 5 aromatic rings. The van der Waals surface area contributed by atoms with Crippen molar-refractivity contribution < 1.29 is 62.1 Å². The topological polar surface area (TPSA) is 253 Å². The monoisotopic (exact) mass is 1070 g/mol. The highest BCUT2D eigenvalue weighted by Crippen LogP contribution is 2.43. The average Bonchev–Trinajstić information content (AvgIpc) is 4.29. The van der Waals surface area contributed by atoms with Crippen molar-refractivity contribution >= 4 is 82.0 Å². The van der Waals surface area contributed by atoms with Crippen molar-refractivity contribution in [3.63, 3.8) is 0 Å². The lowest BCUT2D eigenvalue weighted by Crippen LogP contribution is -2.50. The molecule has 0 saturated carbocycles. The second-order valence-electron chi connectivity index (χ2n) is 19.8. The molecule has 5 aliphatic rings. The zero-order valence-corrected chi connectivity index (χ0v) is 43.9. The lowest BCUT2D eigenvalue weighted by molar-refractivity contribution is -0.197. The first-order chi connectivity index (χ1) is 38.2. The van der Waals surface area contributed by atoms with Crippen molar-refractivity contribution in [2.45, 2.75) is 103 Å². The fourth-order valence-electron chi connectivity index (χ4n) is 10.3. The number of carbonyl (C=O) groups excluding carboxylic acids is 8. The van der Waals surface area contributed by atoms with Crippen molar-refractivity contribution in [1.82, 2.24) is 15.7 Å². The van der Waals surface area contributed by atoms with Gasteiger partial charge >= 0.3 is 5.97 Å². The van der Waals surface area contributed by atoms with E-state index in [2.05, 4.69) is 21.3 Å². The predicted molar refractivity (Wildman–Crippen MR) is 289 cm³/mol. The summed E-state index contributed by atoms with van der Waals surface area (Å²) >= 11 is 0.